The van der Waals surface area contributed by atoms with E-state index in [0.29, 0.717) is 0 Å². The van der Waals surface area contributed by atoms with E-state index in [1.807, 2.05) is 19.9 Å². The average molecular weight is 439 g/mol. The number of allylic oxidation sites excluding steroid dienone is 4. The first-order valence-electron chi connectivity index (χ1n) is 3.36. The maximum absolute atomic E-state index is 3.25. The van der Waals surface area contributed by atoms with Crippen LogP contribution in [0.25, 0.3) is 0 Å². The Hall–Kier alpha value is 2.16. The molecule has 0 unspecified atom stereocenters. The van der Waals surface area contributed by atoms with Crippen molar-refractivity contribution in [3.05, 3.63) is 38.2 Å². The summed E-state index contributed by atoms with van der Waals surface area (Å²) in [4.78, 5) is 0. The molecule has 0 aromatic carbocycles. The van der Waals surface area contributed by atoms with Gasteiger partial charge >= 0.3 is 0 Å². The number of hydrogen-bond acceptors (Lipinski definition) is 0. The third kappa shape index (κ3) is 56.9. The minimum absolute atomic E-state index is 0. The van der Waals surface area contributed by atoms with E-state index in [2.05, 4.69) is 26.0 Å². The predicted molar refractivity (Wildman–Crippen MR) is 49.0 cm³/mol. The minimum atomic E-state index is 0. The molecule has 0 rings (SSSR count). The maximum atomic E-state index is 3.25. The van der Waals surface area contributed by atoms with Crippen molar-refractivity contribution in [1.82, 2.24) is 0 Å². The third-order valence-electron chi connectivity index (χ3n) is 0.394. The Balaban J connectivity index is -0.0000000241. The smallest absolute Gasteiger partial charge is 0 e. The van der Waals surface area contributed by atoms with Gasteiger partial charge < -0.3 is 32.1 Å². The summed E-state index contributed by atoms with van der Waals surface area (Å²) in [6.07, 6.45) is 9.23. The van der Waals surface area contributed by atoms with Crippen molar-refractivity contribution >= 4 is 0 Å². The average Bonchev–Trinajstić information content (AvgIpc) is 2.08. The fraction of sp³-hybridized carbons (Fsp3) is 0.400. The van der Waals surface area contributed by atoms with E-state index in [0.717, 1.165) is 0 Å². The molecule has 0 spiro atoms. The monoisotopic (exact) mass is 442 g/mol. The predicted octanol–water partition coefficient (Wildman–Crippen LogP) is 3.43. The van der Waals surface area contributed by atoms with Crippen LogP contribution < -0.4 is 0 Å². The molecule has 0 heterocycles. The molecule has 0 aliphatic rings. The molecule has 0 radical (unpaired) electrons. The van der Waals surface area contributed by atoms with E-state index < -0.39 is 0 Å². The molecule has 12 heavy (non-hydrogen) atoms. The molecule has 0 aliphatic heterocycles. The van der Waals surface area contributed by atoms with Gasteiger partial charge in [0.1, 0.15) is 0 Å². The fourth-order valence-electron chi connectivity index (χ4n) is 0.167. The Labute approximate surface area is 144 Å². The van der Waals surface area contributed by atoms with Crippen LogP contribution in [-0.4, -0.2) is 0 Å². The van der Waals surface area contributed by atoms with Crippen LogP contribution in [-0.2, 0) is 0 Å². The quantitative estimate of drug-likeness (QED) is 0.434. The van der Waals surface area contributed by atoms with Crippen molar-refractivity contribution in [1.29, 1.82) is 0 Å². The van der Waals surface area contributed by atoms with Gasteiger partial charge in [-0.2, -0.15) is 13.8 Å². The van der Waals surface area contributed by atoms with Crippen molar-refractivity contribution in [3.8, 4) is 0 Å². The topological polar surface area (TPSA) is 0 Å². The van der Waals surface area contributed by atoms with Crippen LogP contribution in [0.4, 0.5) is 0 Å². The molecule has 0 amide bonds. The molecule has 0 saturated carbocycles. The molecule has 0 aromatic heterocycles. The molecule has 0 bridgehead atoms. The summed E-state index contributed by atoms with van der Waals surface area (Å²) in [7, 11) is 0. The van der Waals surface area contributed by atoms with Crippen molar-refractivity contribution in [2.45, 2.75) is 27.7 Å². The molecule has 0 aliphatic carbocycles. The summed E-state index contributed by atoms with van der Waals surface area (Å²) >= 11 is 0. The Morgan fingerprint density at radius 1 is 1.00 bits per heavy atom. The first-order chi connectivity index (χ1) is 4.91. The standard InChI is InChI=1S/C6H8.2C2H5.2Sm/c1-3-5-6-4-2;2*1-2;;/h3,6H,1-2H3;2*1H2,2H3;;/q-2;2*-1;;. The summed E-state index contributed by atoms with van der Waals surface area (Å²) in [6.45, 7) is 13.8. The van der Waals surface area contributed by atoms with Gasteiger partial charge in [-0.25, -0.2) is 6.92 Å². The minimum Gasteiger partial charge on any atom is -0.536 e. The summed E-state index contributed by atoms with van der Waals surface area (Å²) in [6, 6.07) is 0. The van der Waals surface area contributed by atoms with Crippen LogP contribution in [0.5, 0.6) is 0 Å². The zero-order valence-corrected chi connectivity index (χ0v) is 13.6. The number of rotatable bonds is 1. The van der Waals surface area contributed by atoms with Gasteiger partial charge in [0.05, 0.1) is 0 Å². The molecular formula is C10H18Sm2-4. The van der Waals surface area contributed by atoms with Crippen molar-refractivity contribution in [2.75, 3.05) is 0 Å². The zero-order valence-electron chi connectivity index (χ0n) is 8.39. The van der Waals surface area contributed by atoms with Gasteiger partial charge in [-0.3, -0.25) is 6.08 Å². The summed E-state index contributed by atoms with van der Waals surface area (Å²) < 4.78 is 0. The van der Waals surface area contributed by atoms with Gasteiger partial charge in [0.2, 0.25) is 0 Å². The van der Waals surface area contributed by atoms with E-state index >= 15 is 0 Å². The Morgan fingerprint density at radius 2 is 1.33 bits per heavy atom. The maximum Gasteiger partial charge on any atom is 0 e. The first kappa shape index (κ1) is 29.2. The van der Waals surface area contributed by atoms with Crippen LogP contribution in [0.15, 0.2) is 12.2 Å². The van der Waals surface area contributed by atoms with Crippen LogP contribution in [0.3, 0.4) is 0 Å². The summed E-state index contributed by atoms with van der Waals surface area (Å²) in [5.41, 5.74) is 0. The van der Waals surface area contributed by atoms with E-state index in [-0.39, 0.29) is 80.8 Å². The van der Waals surface area contributed by atoms with Crippen molar-refractivity contribution in [3.63, 3.8) is 0 Å². The fourth-order valence-corrected chi connectivity index (χ4v) is 0.167. The normalized spacial score (nSPS) is 6.83. The van der Waals surface area contributed by atoms with Gasteiger partial charge in [-0.1, -0.05) is 6.92 Å². The van der Waals surface area contributed by atoms with Gasteiger partial charge in [-0.15, -0.1) is 0 Å². The Kier molecular flexibility index (Phi) is 125. The van der Waals surface area contributed by atoms with E-state index in [9.17, 15) is 0 Å². The first-order valence-corrected chi connectivity index (χ1v) is 3.36. The third-order valence-corrected chi connectivity index (χ3v) is 0.394. The Bertz CT molecular complexity index is 56.2. The van der Waals surface area contributed by atoms with Gasteiger partial charge in [-0.05, 0) is 0 Å². The molecular weight excluding hydrogens is 421 g/mol. The second-order valence-electron chi connectivity index (χ2n) is 0.888. The summed E-state index contributed by atoms with van der Waals surface area (Å²) in [5.74, 6) is 0. The van der Waals surface area contributed by atoms with Crippen molar-refractivity contribution in [2.24, 2.45) is 0 Å². The number of hydrogen-bond donors (Lipinski definition) is 0. The Morgan fingerprint density at radius 3 is 1.42 bits per heavy atom. The van der Waals surface area contributed by atoms with Crippen LogP contribution in [0, 0.1) is 107 Å². The van der Waals surface area contributed by atoms with Gasteiger partial charge in [0.25, 0.3) is 0 Å². The SMILES string of the molecule is C[C-]=C[C-]=CC.[CH2-]C.[CH2-]C.[Sm].[Sm]. The van der Waals surface area contributed by atoms with Gasteiger partial charge in [0, 0.05) is 80.8 Å². The second-order valence-corrected chi connectivity index (χ2v) is 0.888. The van der Waals surface area contributed by atoms with Gasteiger partial charge in [0.15, 0.2) is 0 Å². The van der Waals surface area contributed by atoms with Crippen molar-refractivity contribution < 1.29 is 80.8 Å². The molecule has 0 atom stereocenters. The zero-order chi connectivity index (χ0) is 8.83. The van der Waals surface area contributed by atoms with Crippen LogP contribution >= 0.6 is 0 Å². The molecule has 0 nitrogen and oxygen atoms in total. The summed E-state index contributed by atoms with van der Waals surface area (Å²) in [5, 5.41) is 0. The molecule has 74 valence electrons. The second kappa shape index (κ2) is 51.3. The molecule has 0 aromatic rings. The largest absolute Gasteiger partial charge is 0.536 e. The van der Waals surface area contributed by atoms with E-state index in [1.54, 1.807) is 19.9 Å². The molecule has 0 saturated heterocycles. The molecule has 0 fully saturated rings. The molecule has 2 heteroatoms. The van der Waals surface area contributed by atoms with Crippen LogP contribution in [0.2, 0.25) is 0 Å². The molecule has 0 N–H and O–H groups in total. The van der Waals surface area contributed by atoms with E-state index in [1.165, 1.54) is 0 Å². The van der Waals surface area contributed by atoms with E-state index in [4.69, 9.17) is 0 Å². The van der Waals surface area contributed by atoms with Crippen LogP contribution in [0.1, 0.15) is 27.7 Å².